The summed E-state index contributed by atoms with van der Waals surface area (Å²) in [5.74, 6) is 0. The number of hydrogen-bond donors (Lipinski definition) is 2. The summed E-state index contributed by atoms with van der Waals surface area (Å²) in [6.45, 7) is 2.00. The van der Waals surface area contributed by atoms with E-state index in [9.17, 15) is 4.79 Å². The molecular weight excluding hydrogens is 346 g/mol. The zero-order chi connectivity index (χ0) is 19.4. The summed E-state index contributed by atoms with van der Waals surface area (Å²) in [6, 6.07) is 30.8. The molecule has 1 unspecified atom stereocenters. The molecule has 28 heavy (non-hydrogen) atoms. The maximum Gasteiger partial charge on any atom is 0.315 e. The van der Waals surface area contributed by atoms with E-state index < -0.39 is 5.41 Å². The zero-order valence-electron chi connectivity index (χ0n) is 15.8. The van der Waals surface area contributed by atoms with Gasteiger partial charge in [0.2, 0.25) is 0 Å². The molecule has 4 heteroatoms. The Morgan fingerprint density at radius 1 is 0.821 bits per heavy atom. The number of carbonyl (C=O) groups is 1. The van der Waals surface area contributed by atoms with Crippen LogP contribution in [0.2, 0.25) is 0 Å². The Kier molecular flexibility index (Phi) is 5.13. The molecule has 1 heterocycles. The fourth-order valence-corrected chi connectivity index (χ4v) is 4.54. The van der Waals surface area contributed by atoms with E-state index in [1.165, 1.54) is 0 Å². The molecule has 1 fully saturated rings. The minimum Gasteiger partial charge on any atom is -0.351 e. The van der Waals surface area contributed by atoms with Gasteiger partial charge in [0.1, 0.15) is 0 Å². The van der Waals surface area contributed by atoms with Crippen molar-refractivity contribution < 1.29 is 4.79 Å². The Labute approximate surface area is 166 Å². The Morgan fingerprint density at radius 3 is 1.64 bits per heavy atom. The van der Waals surface area contributed by atoms with E-state index in [1.54, 1.807) is 0 Å². The summed E-state index contributed by atoms with van der Waals surface area (Å²) in [4.78, 5) is 14.2. The number of hydrogen-bond acceptors (Lipinski definition) is 2. The second kappa shape index (κ2) is 7.87. The molecular formula is C24H25N3O. The molecule has 1 saturated heterocycles. The number of carbonyl (C=O) groups excluding carboxylic acids is 1. The number of primary amides is 1. The number of nitrogens with one attached hydrogen (secondary N) is 1. The number of urea groups is 1. The maximum atomic E-state index is 12.4. The quantitative estimate of drug-likeness (QED) is 0.691. The summed E-state index contributed by atoms with van der Waals surface area (Å²) in [5, 5.41) is 3.48. The monoisotopic (exact) mass is 371 g/mol. The van der Waals surface area contributed by atoms with Gasteiger partial charge in [0.25, 0.3) is 0 Å². The van der Waals surface area contributed by atoms with Gasteiger partial charge < -0.3 is 16.0 Å². The number of nitrogens with zero attached hydrogens (tertiary/aromatic N) is 1. The summed E-state index contributed by atoms with van der Waals surface area (Å²) in [5.41, 5.74) is 8.75. The van der Waals surface area contributed by atoms with E-state index in [0.717, 1.165) is 23.2 Å². The van der Waals surface area contributed by atoms with Crippen molar-refractivity contribution in [1.82, 2.24) is 10.2 Å². The Morgan fingerprint density at radius 2 is 1.25 bits per heavy atom. The molecule has 4 nitrogen and oxygen atoms in total. The highest BCUT2D eigenvalue weighted by Gasteiger charge is 2.48. The van der Waals surface area contributed by atoms with Crippen molar-refractivity contribution in [1.29, 1.82) is 0 Å². The molecule has 0 bridgehead atoms. The predicted molar refractivity (Wildman–Crippen MR) is 112 cm³/mol. The first-order chi connectivity index (χ1) is 13.7. The fraction of sp³-hybridized carbons (Fsp3) is 0.208. The predicted octanol–water partition coefficient (Wildman–Crippen LogP) is 3.37. The lowest BCUT2D eigenvalue weighted by molar-refractivity contribution is 0.141. The highest BCUT2D eigenvalue weighted by molar-refractivity contribution is 5.73. The molecule has 3 aromatic rings. The van der Waals surface area contributed by atoms with Crippen molar-refractivity contribution in [2.24, 2.45) is 5.73 Å². The average Bonchev–Trinajstić information content (AvgIpc) is 2.77. The van der Waals surface area contributed by atoms with Crippen molar-refractivity contribution in [3.63, 3.8) is 0 Å². The maximum absolute atomic E-state index is 12.4. The fourth-order valence-electron chi connectivity index (χ4n) is 4.54. The molecule has 1 aliphatic rings. The highest BCUT2D eigenvalue weighted by Crippen LogP contribution is 2.44. The van der Waals surface area contributed by atoms with Crippen LogP contribution < -0.4 is 11.1 Å². The van der Waals surface area contributed by atoms with E-state index in [1.807, 2.05) is 23.1 Å². The molecule has 2 amide bonds. The van der Waals surface area contributed by atoms with E-state index in [4.69, 9.17) is 5.73 Å². The molecule has 0 aromatic heterocycles. The summed E-state index contributed by atoms with van der Waals surface area (Å²) >= 11 is 0. The van der Waals surface area contributed by atoms with Gasteiger partial charge in [0.05, 0.1) is 11.5 Å². The second-order valence-corrected chi connectivity index (χ2v) is 7.16. The lowest BCUT2D eigenvalue weighted by Crippen LogP contribution is -2.63. The van der Waals surface area contributed by atoms with Crippen LogP contribution in [0, 0.1) is 0 Å². The van der Waals surface area contributed by atoms with Gasteiger partial charge in [-0.25, -0.2) is 4.79 Å². The van der Waals surface area contributed by atoms with Crippen molar-refractivity contribution >= 4 is 6.03 Å². The van der Waals surface area contributed by atoms with Crippen LogP contribution in [-0.2, 0) is 5.41 Å². The van der Waals surface area contributed by atoms with Crippen LogP contribution in [0.1, 0.15) is 16.7 Å². The Bertz CT molecular complexity index is 816. The van der Waals surface area contributed by atoms with Gasteiger partial charge in [-0.3, -0.25) is 0 Å². The number of rotatable bonds is 4. The van der Waals surface area contributed by atoms with Crippen LogP contribution in [0.25, 0.3) is 0 Å². The third kappa shape index (κ3) is 3.06. The molecule has 0 saturated carbocycles. The smallest absolute Gasteiger partial charge is 0.315 e. The van der Waals surface area contributed by atoms with Crippen LogP contribution in [0.5, 0.6) is 0 Å². The van der Waals surface area contributed by atoms with Gasteiger partial charge in [-0.15, -0.1) is 0 Å². The number of benzene rings is 3. The van der Waals surface area contributed by atoms with Crippen LogP contribution in [0.15, 0.2) is 91.0 Å². The first-order valence-electron chi connectivity index (χ1n) is 9.68. The van der Waals surface area contributed by atoms with Gasteiger partial charge in [-0.1, -0.05) is 91.0 Å². The first kappa shape index (κ1) is 18.3. The van der Waals surface area contributed by atoms with Crippen LogP contribution in [0.4, 0.5) is 4.79 Å². The van der Waals surface area contributed by atoms with E-state index in [-0.39, 0.29) is 12.1 Å². The lowest BCUT2D eigenvalue weighted by atomic mass is 9.63. The minimum absolute atomic E-state index is 0.147. The summed E-state index contributed by atoms with van der Waals surface area (Å²) in [7, 11) is 0. The van der Waals surface area contributed by atoms with Gasteiger partial charge in [-0.2, -0.15) is 0 Å². The highest BCUT2D eigenvalue weighted by atomic mass is 16.2. The van der Waals surface area contributed by atoms with E-state index >= 15 is 0 Å². The number of piperazine rings is 1. The zero-order valence-corrected chi connectivity index (χ0v) is 15.8. The van der Waals surface area contributed by atoms with Gasteiger partial charge in [-0.05, 0) is 16.7 Å². The van der Waals surface area contributed by atoms with E-state index in [0.29, 0.717) is 13.1 Å². The third-order valence-corrected chi connectivity index (χ3v) is 5.71. The first-order valence-corrected chi connectivity index (χ1v) is 9.68. The second-order valence-electron chi connectivity index (χ2n) is 7.16. The van der Waals surface area contributed by atoms with Gasteiger partial charge in [0, 0.05) is 19.6 Å². The normalized spacial score (nSPS) is 17.3. The molecule has 3 N–H and O–H groups in total. The molecule has 1 aliphatic heterocycles. The summed E-state index contributed by atoms with van der Waals surface area (Å²) in [6.07, 6.45) is 0. The largest absolute Gasteiger partial charge is 0.351 e. The van der Waals surface area contributed by atoms with Crippen LogP contribution in [0.3, 0.4) is 0 Å². The Balaban J connectivity index is 2.05. The van der Waals surface area contributed by atoms with E-state index in [2.05, 4.69) is 78.1 Å². The third-order valence-electron chi connectivity index (χ3n) is 5.71. The SMILES string of the molecule is NC(=O)N1CCNCC1C(c1ccccc1)(c1ccccc1)c1ccccc1. The van der Waals surface area contributed by atoms with Gasteiger partial charge in [0.15, 0.2) is 0 Å². The average molecular weight is 371 g/mol. The van der Waals surface area contributed by atoms with Crippen molar-refractivity contribution in [2.45, 2.75) is 11.5 Å². The standard InChI is InChI=1S/C24H25N3O/c25-23(28)27-17-16-26-18-22(27)24(19-10-4-1-5-11-19,20-12-6-2-7-13-20)21-14-8-3-9-15-21/h1-15,22,26H,16-18H2,(H2,25,28). The number of nitrogens with two attached hydrogens (primary N) is 1. The molecule has 3 aromatic carbocycles. The molecule has 142 valence electrons. The molecule has 1 atom stereocenters. The van der Waals surface area contributed by atoms with Gasteiger partial charge >= 0.3 is 6.03 Å². The number of amides is 2. The summed E-state index contributed by atoms with van der Waals surface area (Å²) < 4.78 is 0. The molecule has 0 aliphatic carbocycles. The minimum atomic E-state index is -0.535. The topological polar surface area (TPSA) is 58.4 Å². The Hall–Kier alpha value is -3.11. The molecule has 0 radical (unpaired) electrons. The molecule has 4 rings (SSSR count). The van der Waals surface area contributed by atoms with Crippen LogP contribution in [-0.4, -0.2) is 36.6 Å². The van der Waals surface area contributed by atoms with Crippen LogP contribution >= 0.6 is 0 Å². The van der Waals surface area contributed by atoms with Crippen molar-refractivity contribution in [2.75, 3.05) is 19.6 Å². The van der Waals surface area contributed by atoms with Crippen molar-refractivity contribution in [3.05, 3.63) is 108 Å². The molecule has 0 spiro atoms. The lowest BCUT2D eigenvalue weighted by Gasteiger charge is -2.49. The van der Waals surface area contributed by atoms with Crippen molar-refractivity contribution in [3.8, 4) is 0 Å².